The molecule has 1 aromatic carbocycles. The number of unbranched alkanes of at least 4 members (excludes halogenated alkanes) is 7. The zero-order valence-electron chi connectivity index (χ0n) is 21.9. The second-order valence-corrected chi connectivity index (χ2v) is 10.6. The van der Waals surface area contributed by atoms with E-state index in [4.69, 9.17) is 4.74 Å². The molecule has 7 heteroatoms. The number of hydrogen-bond acceptors (Lipinski definition) is 6. The lowest BCUT2D eigenvalue weighted by atomic mass is 10.1. The summed E-state index contributed by atoms with van der Waals surface area (Å²) in [6.45, 7) is 4.99. The minimum atomic E-state index is -0.478. The molecule has 0 radical (unpaired) electrons. The Morgan fingerprint density at radius 1 is 0.917 bits per heavy atom. The summed E-state index contributed by atoms with van der Waals surface area (Å²) in [6, 6.07) is 6.92. The number of amides is 1. The topological polar surface area (TPSA) is 72.4 Å². The molecule has 0 unspecified atom stereocenters. The van der Waals surface area contributed by atoms with E-state index < -0.39 is 6.04 Å². The fourth-order valence-corrected chi connectivity index (χ4v) is 5.25. The number of carbonyl (C=O) groups is 2. The number of ether oxygens (including phenoxy) is 1. The zero-order chi connectivity index (χ0) is 25.6. The van der Waals surface area contributed by atoms with Gasteiger partial charge >= 0.3 is 5.97 Å². The van der Waals surface area contributed by atoms with E-state index in [9.17, 15) is 9.59 Å². The first kappa shape index (κ1) is 28.2. The predicted molar refractivity (Wildman–Crippen MR) is 146 cm³/mol. The van der Waals surface area contributed by atoms with Gasteiger partial charge in [-0.2, -0.15) is 0 Å². The van der Waals surface area contributed by atoms with Crippen LogP contribution in [0.3, 0.4) is 0 Å². The van der Waals surface area contributed by atoms with Gasteiger partial charge in [0.25, 0.3) is 0 Å². The summed E-state index contributed by atoms with van der Waals surface area (Å²) in [6.07, 6.45) is 16.4. The summed E-state index contributed by atoms with van der Waals surface area (Å²) >= 11 is 1.71. The Morgan fingerprint density at radius 3 is 2.31 bits per heavy atom. The van der Waals surface area contributed by atoms with Gasteiger partial charge in [-0.05, 0) is 43.4 Å². The molecule has 3 rings (SSSR count). The predicted octanol–water partition coefficient (Wildman–Crippen LogP) is 7.07. The number of nitrogens with zero attached hydrogens (tertiary/aromatic N) is 3. The molecule has 1 amide bonds. The van der Waals surface area contributed by atoms with Crippen LogP contribution >= 0.6 is 11.8 Å². The van der Waals surface area contributed by atoms with Gasteiger partial charge in [0.05, 0.1) is 0 Å². The van der Waals surface area contributed by atoms with Crippen molar-refractivity contribution in [2.24, 2.45) is 0 Å². The van der Waals surface area contributed by atoms with E-state index in [-0.39, 0.29) is 11.9 Å². The Balaban J connectivity index is 1.46. The molecule has 1 atom stereocenters. The van der Waals surface area contributed by atoms with Crippen molar-refractivity contribution in [3.8, 4) is 16.9 Å². The minimum absolute atomic E-state index is 0.0619. The van der Waals surface area contributed by atoms with Crippen molar-refractivity contribution in [2.75, 3.05) is 12.3 Å². The molecule has 0 spiro atoms. The lowest BCUT2D eigenvalue weighted by Crippen LogP contribution is -2.42. The largest absolute Gasteiger partial charge is 0.425 e. The van der Waals surface area contributed by atoms with Crippen LogP contribution in [0.15, 0.2) is 41.8 Å². The fraction of sp³-hybridized carbons (Fsp3) is 0.586. The van der Waals surface area contributed by atoms with Gasteiger partial charge in [0.2, 0.25) is 5.91 Å². The average Bonchev–Trinajstić information content (AvgIpc) is 3.40. The van der Waals surface area contributed by atoms with Crippen molar-refractivity contribution in [2.45, 2.75) is 102 Å². The van der Waals surface area contributed by atoms with Crippen LogP contribution < -0.4 is 4.74 Å². The maximum absolute atomic E-state index is 12.8. The first-order valence-electron chi connectivity index (χ1n) is 13.7. The molecule has 0 saturated carbocycles. The molecule has 1 aliphatic rings. The third-order valence-corrected chi connectivity index (χ3v) is 7.56. The molecule has 2 heterocycles. The number of thioether (sulfide) groups is 1. The van der Waals surface area contributed by atoms with Crippen LogP contribution in [0.1, 0.15) is 90.9 Å². The zero-order valence-corrected chi connectivity index (χ0v) is 22.7. The summed E-state index contributed by atoms with van der Waals surface area (Å²) in [7, 11) is 0. The van der Waals surface area contributed by atoms with E-state index in [1.165, 1.54) is 38.5 Å². The van der Waals surface area contributed by atoms with Gasteiger partial charge in [-0.1, -0.05) is 82.7 Å². The van der Waals surface area contributed by atoms with Crippen LogP contribution in [0.25, 0.3) is 11.1 Å². The van der Waals surface area contributed by atoms with Gasteiger partial charge in [0, 0.05) is 36.7 Å². The van der Waals surface area contributed by atoms with Crippen LogP contribution in [0, 0.1) is 0 Å². The molecular formula is C29H41N3O3S. The van der Waals surface area contributed by atoms with Crippen molar-refractivity contribution in [1.29, 1.82) is 0 Å². The third-order valence-electron chi connectivity index (χ3n) is 6.60. The lowest BCUT2D eigenvalue weighted by Gasteiger charge is -2.23. The molecule has 0 N–H and O–H groups in total. The third kappa shape index (κ3) is 8.91. The number of hydrogen-bond donors (Lipinski definition) is 0. The Bertz CT molecular complexity index is 934. The van der Waals surface area contributed by atoms with Gasteiger partial charge < -0.3 is 9.64 Å². The Morgan fingerprint density at radius 2 is 1.58 bits per heavy atom. The number of benzene rings is 1. The molecule has 6 nitrogen and oxygen atoms in total. The summed E-state index contributed by atoms with van der Waals surface area (Å²) in [4.78, 5) is 36.0. The molecule has 0 bridgehead atoms. The summed E-state index contributed by atoms with van der Waals surface area (Å²) < 4.78 is 5.63. The highest BCUT2D eigenvalue weighted by molar-refractivity contribution is 7.99. The number of rotatable bonds is 15. The summed E-state index contributed by atoms with van der Waals surface area (Å²) in [5.41, 5.74) is 1.90. The quantitative estimate of drug-likeness (QED) is 0.0837. The monoisotopic (exact) mass is 511 g/mol. The minimum Gasteiger partial charge on any atom is -0.425 e. The number of esters is 1. The second-order valence-electron chi connectivity index (χ2n) is 9.52. The van der Waals surface area contributed by atoms with E-state index in [0.717, 1.165) is 47.7 Å². The second kappa shape index (κ2) is 15.6. The van der Waals surface area contributed by atoms with E-state index in [1.54, 1.807) is 28.8 Å². The first-order chi connectivity index (χ1) is 17.6. The van der Waals surface area contributed by atoms with E-state index >= 15 is 0 Å². The van der Waals surface area contributed by atoms with Crippen LogP contribution in [0.4, 0.5) is 0 Å². The van der Waals surface area contributed by atoms with Gasteiger partial charge in [0.15, 0.2) is 5.16 Å². The van der Waals surface area contributed by atoms with Crippen molar-refractivity contribution >= 4 is 23.6 Å². The standard InChI is InChI=1S/C29H41N3O3S/c1-3-5-7-8-9-11-20-36-29-30-21-24(22-31-29)23-15-17-25(18-16-23)35-28(34)26-13-12-19-32(26)27(33)14-10-6-4-2/h15-18,21-22,26H,3-14,19-20H2,1-2H3/t26-/m0/s1. The molecule has 1 fully saturated rings. The van der Waals surface area contributed by atoms with Crippen LogP contribution in [-0.4, -0.2) is 45.1 Å². The molecule has 1 aromatic heterocycles. The maximum Gasteiger partial charge on any atom is 0.334 e. The molecule has 0 aliphatic carbocycles. The molecular weight excluding hydrogens is 470 g/mol. The molecule has 1 aliphatic heterocycles. The molecule has 36 heavy (non-hydrogen) atoms. The highest BCUT2D eigenvalue weighted by atomic mass is 32.2. The van der Waals surface area contributed by atoms with Gasteiger partial charge in [-0.3, -0.25) is 4.79 Å². The molecule has 1 saturated heterocycles. The Kier molecular flexibility index (Phi) is 12.2. The summed E-state index contributed by atoms with van der Waals surface area (Å²) in [5, 5.41) is 0.809. The van der Waals surface area contributed by atoms with Crippen molar-refractivity contribution in [3.63, 3.8) is 0 Å². The van der Waals surface area contributed by atoms with Crippen LogP contribution in [0.2, 0.25) is 0 Å². The first-order valence-corrected chi connectivity index (χ1v) is 14.7. The van der Waals surface area contributed by atoms with Gasteiger partial charge in [0.1, 0.15) is 11.8 Å². The van der Waals surface area contributed by atoms with E-state index in [1.807, 2.05) is 24.5 Å². The Hall–Kier alpha value is -2.41. The molecule has 196 valence electrons. The van der Waals surface area contributed by atoms with E-state index in [2.05, 4.69) is 23.8 Å². The summed E-state index contributed by atoms with van der Waals surface area (Å²) in [5.74, 6) is 1.25. The van der Waals surface area contributed by atoms with Crippen LogP contribution in [-0.2, 0) is 9.59 Å². The fourth-order valence-electron chi connectivity index (χ4n) is 4.47. The smallest absolute Gasteiger partial charge is 0.334 e. The van der Waals surface area contributed by atoms with Crippen LogP contribution in [0.5, 0.6) is 5.75 Å². The molecule has 2 aromatic rings. The van der Waals surface area contributed by atoms with Gasteiger partial charge in [-0.15, -0.1) is 0 Å². The highest BCUT2D eigenvalue weighted by Crippen LogP contribution is 2.25. The van der Waals surface area contributed by atoms with Gasteiger partial charge in [-0.25, -0.2) is 14.8 Å². The SMILES string of the molecule is CCCCCCCCSc1ncc(-c2ccc(OC(=O)[C@@H]3CCCN3C(=O)CCCCC)cc2)cn1. The number of carbonyl (C=O) groups excluding carboxylic acids is 2. The number of aromatic nitrogens is 2. The average molecular weight is 512 g/mol. The Labute approximate surface area is 220 Å². The maximum atomic E-state index is 12.8. The number of likely N-dealkylation sites (tertiary alicyclic amines) is 1. The van der Waals surface area contributed by atoms with Crippen molar-refractivity contribution in [1.82, 2.24) is 14.9 Å². The highest BCUT2D eigenvalue weighted by Gasteiger charge is 2.35. The van der Waals surface area contributed by atoms with E-state index in [0.29, 0.717) is 25.1 Å². The normalized spacial score (nSPS) is 15.3. The van der Waals surface area contributed by atoms with Crippen molar-refractivity contribution < 1.29 is 14.3 Å². The lowest BCUT2D eigenvalue weighted by molar-refractivity contribution is -0.146. The van der Waals surface area contributed by atoms with Crippen molar-refractivity contribution in [3.05, 3.63) is 36.7 Å².